The molecule has 1 N–H and O–H groups in total. The van der Waals surface area contributed by atoms with Gasteiger partial charge in [0.05, 0.1) is 13.2 Å². The summed E-state index contributed by atoms with van der Waals surface area (Å²) in [5.41, 5.74) is 0.903. The van der Waals surface area contributed by atoms with Crippen molar-refractivity contribution in [2.24, 2.45) is 0 Å². The zero-order chi connectivity index (χ0) is 18.3. The van der Waals surface area contributed by atoms with Gasteiger partial charge in [-0.15, -0.1) is 0 Å². The van der Waals surface area contributed by atoms with Gasteiger partial charge in [0, 0.05) is 0 Å². The Labute approximate surface area is 151 Å². The molecule has 0 spiro atoms. The van der Waals surface area contributed by atoms with Gasteiger partial charge in [0.25, 0.3) is 0 Å². The fourth-order valence-electron chi connectivity index (χ4n) is 2.39. The van der Waals surface area contributed by atoms with E-state index in [2.05, 4.69) is 19.6 Å². The van der Waals surface area contributed by atoms with Gasteiger partial charge in [-0.2, -0.15) is 0 Å². The normalized spacial score (nSPS) is 14.0. The van der Waals surface area contributed by atoms with Crippen LogP contribution in [0.15, 0.2) is 54.6 Å². The van der Waals surface area contributed by atoms with Gasteiger partial charge in [0.1, 0.15) is 6.10 Å². The lowest BCUT2D eigenvalue weighted by atomic mass is 10.0. The molecule has 136 valence electrons. The summed E-state index contributed by atoms with van der Waals surface area (Å²) in [6.07, 6.45) is -1.30. The molecule has 0 saturated heterocycles. The molecule has 0 aromatic heterocycles. The van der Waals surface area contributed by atoms with Crippen LogP contribution in [0, 0.1) is 0 Å². The van der Waals surface area contributed by atoms with E-state index in [1.54, 1.807) is 0 Å². The molecule has 0 amide bonds. The smallest absolute Gasteiger partial charge is 0.183 e. The molecule has 0 aliphatic carbocycles. The minimum atomic E-state index is -1.72. The summed E-state index contributed by atoms with van der Waals surface area (Å²) in [5, 5.41) is 10.7. The number of benzene rings is 2. The van der Waals surface area contributed by atoms with Crippen LogP contribution >= 0.6 is 0 Å². The third kappa shape index (κ3) is 6.19. The first-order valence-corrected chi connectivity index (χ1v) is 12.1. The molecule has 0 saturated carbocycles. The Kier molecular flexibility index (Phi) is 7.05. The minimum Gasteiger partial charge on any atom is -0.490 e. The second kappa shape index (κ2) is 9.04. The van der Waals surface area contributed by atoms with Crippen LogP contribution in [-0.2, 0) is 4.43 Å². The quantitative estimate of drug-likeness (QED) is 0.673. The Morgan fingerprint density at radius 3 is 2.12 bits per heavy atom. The van der Waals surface area contributed by atoms with Crippen molar-refractivity contribution < 1.29 is 19.0 Å². The maximum atomic E-state index is 10.7. The molecule has 2 atom stereocenters. The van der Waals surface area contributed by atoms with Gasteiger partial charge in [-0.3, -0.25) is 0 Å². The van der Waals surface area contributed by atoms with Crippen molar-refractivity contribution in [2.75, 3.05) is 13.2 Å². The second-order valence-electron chi connectivity index (χ2n) is 6.82. The summed E-state index contributed by atoms with van der Waals surface area (Å²) >= 11 is 0. The number of para-hydroxylation sites is 2. The van der Waals surface area contributed by atoms with Crippen LogP contribution in [0.25, 0.3) is 0 Å². The highest BCUT2D eigenvalue weighted by Crippen LogP contribution is 2.32. The minimum absolute atomic E-state index is 0.242. The summed E-state index contributed by atoms with van der Waals surface area (Å²) in [4.78, 5) is 0. The highest BCUT2D eigenvalue weighted by atomic mass is 28.4. The first kappa shape index (κ1) is 19.5. The Balaban J connectivity index is 2.23. The molecule has 0 fully saturated rings. The average Bonchev–Trinajstić information content (AvgIpc) is 2.59. The van der Waals surface area contributed by atoms with E-state index < -0.39 is 20.5 Å². The lowest BCUT2D eigenvalue weighted by molar-refractivity contribution is 0.00171. The highest BCUT2D eigenvalue weighted by Gasteiger charge is 2.27. The van der Waals surface area contributed by atoms with E-state index in [-0.39, 0.29) is 6.61 Å². The monoisotopic (exact) mass is 360 g/mol. The Bertz CT molecular complexity index is 640. The highest BCUT2D eigenvalue weighted by molar-refractivity contribution is 6.69. The zero-order valence-corrected chi connectivity index (χ0v) is 16.4. The van der Waals surface area contributed by atoms with Crippen molar-refractivity contribution in [1.82, 2.24) is 0 Å². The molecule has 0 aliphatic rings. The number of ether oxygens (including phenoxy) is 2. The molecule has 2 aromatic carbocycles. The van der Waals surface area contributed by atoms with Crippen molar-refractivity contribution in [1.29, 1.82) is 0 Å². The lowest BCUT2D eigenvalue weighted by Crippen LogP contribution is -2.35. The number of rotatable bonds is 9. The van der Waals surface area contributed by atoms with Gasteiger partial charge in [-0.05, 0) is 44.3 Å². The second-order valence-corrected chi connectivity index (χ2v) is 11.3. The maximum Gasteiger partial charge on any atom is 0.183 e. The predicted molar refractivity (Wildman–Crippen MR) is 103 cm³/mol. The first-order chi connectivity index (χ1) is 11.9. The Morgan fingerprint density at radius 2 is 1.52 bits per heavy atom. The van der Waals surface area contributed by atoms with Crippen LogP contribution in [0.4, 0.5) is 0 Å². The summed E-state index contributed by atoms with van der Waals surface area (Å²) < 4.78 is 17.7. The molecule has 25 heavy (non-hydrogen) atoms. The van der Waals surface area contributed by atoms with E-state index >= 15 is 0 Å². The molecule has 4 nitrogen and oxygen atoms in total. The fourth-order valence-corrected chi connectivity index (χ4v) is 3.06. The zero-order valence-electron chi connectivity index (χ0n) is 15.4. The van der Waals surface area contributed by atoms with Crippen LogP contribution in [0.5, 0.6) is 11.5 Å². The average molecular weight is 361 g/mol. The molecule has 0 bridgehead atoms. The van der Waals surface area contributed by atoms with E-state index in [0.29, 0.717) is 18.1 Å². The fraction of sp³-hybridized carbons (Fsp3) is 0.400. The van der Waals surface area contributed by atoms with Crippen molar-refractivity contribution >= 4 is 8.32 Å². The van der Waals surface area contributed by atoms with Crippen LogP contribution < -0.4 is 9.47 Å². The number of aliphatic hydroxyl groups is 1. The molecule has 0 heterocycles. The summed E-state index contributed by atoms with van der Waals surface area (Å²) in [5.74, 6) is 1.29. The molecule has 0 unspecified atom stereocenters. The van der Waals surface area contributed by atoms with Gasteiger partial charge >= 0.3 is 0 Å². The molecular formula is C20H28O4Si. The maximum absolute atomic E-state index is 10.7. The number of hydrogen-bond donors (Lipinski definition) is 1. The van der Waals surface area contributed by atoms with E-state index in [9.17, 15) is 5.11 Å². The Hall–Kier alpha value is -1.82. The van der Waals surface area contributed by atoms with Gasteiger partial charge < -0.3 is 19.0 Å². The van der Waals surface area contributed by atoms with Crippen molar-refractivity contribution in [3.05, 3.63) is 60.2 Å². The van der Waals surface area contributed by atoms with E-state index in [1.807, 2.05) is 61.5 Å². The molecule has 2 aromatic rings. The molecule has 0 radical (unpaired) electrons. The third-order valence-corrected chi connectivity index (χ3v) is 4.60. The van der Waals surface area contributed by atoms with Gasteiger partial charge in [0.15, 0.2) is 25.9 Å². The predicted octanol–water partition coefficient (Wildman–Crippen LogP) is 4.42. The third-order valence-electron chi connectivity index (χ3n) is 3.57. The lowest BCUT2D eigenvalue weighted by Gasteiger charge is -2.28. The topological polar surface area (TPSA) is 47.9 Å². The van der Waals surface area contributed by atoms with Gasteiger partial charge in [0.2, 0.25) is 0 Å². The standard InChI is InChI=1S/C20H28O4Si/c1-5-22-18-13-9-10-14-19(18)24-20(16-11-7-6-8-12-16)17(21)15-23-25(2,3)4/h6-14,17,20-21H,5,15H2,1-4H3/t17-,20+/m1/s1. The molecule has 5 heteroatoms. The largest absolute Gasteiger partial charge is 0.490 e. The molecule has 2 rings (SSSR count). The van der Waals surface area contributed by atoms with Crippen molar-refractivity contribution in [3.8, 4) is 11.5 Å². The van der Waals surface area contributed by atoms with Crippen LogP contribution in [-0.4, -0.2) is 32.7 Å². The van der Waals surface area contributed by atoms with E-state index in [4.69, 9.17) is 13.9 Å². The van der Waals surface area contributed by atoms with Crippen molar-refractivity contribution in [3.63, 3.8) is 0 Å². The molecular weight excluding hydrogens is 332 g/mol. The first-order valence-electron chi connectivity index (χ1n) is 8.66. The SMILES string of the molecule is CCOc1ccccc1O[C@@H](c1ccccc1)[C@H](O)CO[Si](C)(C)C. The van der Waals surface area contributed by atoms with Crippen molar-refractivity contribution in [2.45, 2.75) is 38.8 Å². The van der Waals surface area contributed by atoms with Gasteiger partial charge in [-0.1, -0.05) is 42.5 Å². The summed E-state index contributed by atoms with van der Waals surface area (Å²) in [6.45, 7) is 9.03. The number of hydrogen-bond acceptors (Lipinski definition) is 4. The van der Waals surface area contributed by atoms with Crippen LogP contribution in [0.2, 0.25) is 19.6 Å². The van der Waals surface area contributed by atoms with E-state index in [1.165, 1.54) is 0 Å². The summed E-state index contributed by atoms with van der Waals surface area (Å²) in [6, 6.07) is 17.2. The number of aliphatic hydroxyl groups excluding tert-OH is 1. The van der Waals surface area contributed by atoms with Crippen LogP contribution in [0.1, 0.15) is 18.6 Å². The molecule has 0 aliphatic heterocycles. The Morgan fingerprint density at radius 1 is 0.920 bits per heavy atom. The van der Waals surface area contributed by atoms with Gasteiger partial charge in [-0.25, -0.2) is 0 Å². The summed E-state index contributed by atoms with van der Waals surface area (Å²) in [7, 11) is -1.72. The van der Waals surface area contributed by atoms with E-state index in [0.717, 1.165) is 5.56 Å². The van der Waals surface area contributed by atoms with Crippen LogP contribution in [0.3, 0.4) is 0 Å².